The second kappa shape index (κ2) is 9.25. The van der Waals surface area contributed by atoms with E-state index in [0.717, 1.165) is 12.1 Å². The second-order valence-electron chi connectivity index (χ2n) is 7.41. The number of halogens is 1. The maximum atomic E-state index is 13.5. The van der Waals surface area contributed by atoms with Gasteiger partial charge in [0.15, 0.2) is 5.78 Å². The molecule has 0 aliphatic carbocycles. The van der Waals surface area contributed by atoms with Gasteiger partial charge in [-0.1, -0.05) is 13.0 Å². The van der Waals surface area contributed by atoms with E-state index in [1.54, 1.807) is 20.8 Å². The van der Waals surface area contributed by atoms with Crippen LogP contribution in [-0.4, -0.2) is 49.8 Å². The first kappa shape index (κ1) is 23.1. The van der Waals surface area contributed by atoms with Crippen molar-refractivity contribution in [1.29, 1.82) is 0 Å². The molecule has 0 saturated carbocycles. The van der Waals surface area contributed by atoms with Gasteiger partial charge in [0.25, 0.3) is 0 Å². The molecule has 9 heteroatoms. The van der Waals surface area contributed by atoms with Crippen molar-refractivity contribution in [1.82, 2.24) is 4.31 Å². The number of rotatable bonds is 6. The molecule has 7 nitrogen and oxygen atoms in total. The fourth-order valence-electron chi connectivity index (χ4n) is 3.42. The predicted molar refractivity (Wildman–Crippen MR) is 111 cm³/mol. The summed E-state index contributed by atoms with van der Waals surface area (Å²) in [4.78, 5) is 24.7. The Hall–Kier alpha value is -2.62. The summed E-state index contributed by atoms with van der Waals surface area (Å²) < 4.78 is 51.9. The molecule has 0 N–H and O–H groups in total. The van der Waals surface area contributed by atoms with Crippen molar-refractivity contribution >= 4 is 21.8 Å². The number of benzene rings is 2. The second-order valence-corrected chi connectivity index (χ2v) is 9.35. The third kappa shape index (κ3) is 5.17. The number of hydrogen-bond donors (Lipinski definition) is 0. The minimum atomic E-state index is -3.85. The number of esters is 1. The molecule has 2 aromatic carbocycles. The van der Waals surface area contributed by atoms with Crippen LogP contribution in [0, 0.1) is 5.82 Å². The highest BCUT2D eigenvalue weighted by atomic mass is 32.2. The van der Waals surface area contributed by atoms with E-state index in [0.29, 0.717) is 0 Å². The summed E-state index contributed by atoms with van der Waals surface area (Å²) in [6.07, 6.45) is -0.391. The number of ketones is 1. The van der Waals surface area contributed by atoms with Crippen LogP contribution < -0.4 is 4.74 Å². The molecule has 1 aliphatic rings. The lowest BCUT2D eigenvalue weighted by Crippen LogP contribution is -2.48. The van der Waals surface area contributed by atoms with Crippen molar-refractivity contribution < 1.29 is 31.9 Å². The molecule has 3 rings (SSSR count). The number of Topliss-reactive ketones (excluding diaryl/α,β-unsaturated/α-hetero) is 1. The van der Waals surface area contributed by atoms with Gasteiger partial charge < -0.3 is 9.47 Å². The highest BCUT2D eigenvalue weighted by Crippen LogP contribution is 2.25. The number of sulfonamides is 1. The topological polar surface area (TPSA) is 90.0 Å². The minimum absolute atomic E-state index is 0.00495. The average molecular weight is 450 g/mol. The highest BCUT2D eigenvalue weighted by molar-refractivity contribution is 7.89. The van der Waals surface area contributed by atoms with Crippen molar-refractivity contribution in [3.8, 4) is 5.75 Å². The first-order valence-electron chi connectivity index (χ1n) is 9.92. The maximum absolute atomic E-state index is 13.5. The lowest BCUT2D eigenvalue weighted by molar-refractivity contribution is -0.0440. The Bertz CT molecular complexity index is 1090. The summed E-state index contributed by atoms with van der Waals surface area (Å²) in [7, 11) is -3.85. The smallest absolute Gasteiger partial charge is 0.343 e. The summed E-state index contributed by atoms with van der Waals surface area (Å²) in [5.74, 6) is -1.94. The Morgan fingerprint density at radius 3 is 2.45 bits per heavy atom. The molecule has 0 unspecified atom stereocenters. The molecule has 0 amide bonds. The van der Waals surface area contributed by atoms with Crippen LogP contribution in [0.25, 0.3) is 0 Å². The SMILES string of the molecule is CCC(=O)c1cc(F)ccc1OC(=O)c1cccc(S(=O)(=O)N2C[C@@H](C)O[C@@H](C)C2)c1. The van der Waals surface area contributed by atoms with E-state index >= 15 is 0 Å². The zero-order valence-corrected chi connectivity index (χ0v) is 18.3. The van der Waals surface area contributed by atoms with Crippen LogP contribution in [0.1, 0.15) is 47.9 Å². The fourth-order valence-corrected chi connectivity index (χ4v) is 5.05. The third-order valence-corrected chi connectivity index (χ3v) is 6.69. The van der Waals surface area contributed by atoms with Crippen LogP contribution in [0.4, 0.5) is 4.39 Å². The van der Waals surface area contributed by atoms with E-state index in [4.69, 9.17) is 9.47 Å². The highest BCUT2D eigenvalue weighted by Gasteiger charge is 2.32. The monoisotopic (exact) mass is 449 g/mol. The summed E-state index contributed by atoms with van der Waals surface area (Å²) in [5, 5.41) is 0. The van der Waals surface area contributed by atoms with Crippen LogP contribution in [0.3, 0.4) is 0 Å². The lowest BCUT2D eigenvalue weighted by Gasteiger charge is -2.34. The van der Waals surface area contributed by atoms with Crippen LogP contribution in [-0.2, 0) is 14.8 Å². The number of hydrogen-bond acceptors (Lipinski definition) is 6. The molecule has 0 bridgehead atoms. The molecule has 1 heterocycles. The summed E-state index contributed by atoms with van der Waals surface area (Å²) in [6.45, 7) is 5.62. The lowest BCUT2D eigenvalue weighted by atomic mass is 10.1. The Morgan fingerprint density at radius 1 is 1.13 bits per heavy atom. The van der Waals surface area contributed by atoms with Crippen molar-refractivity contribution in [2.75, 3.05) is 13.1 Å². The van der Waals surface area contributed by atoms with E-state index in [9.17, 15) is 22.4 Å². The molecular formula is C22H24FNO6S. The van der Waals surface area contributed by atoms with Gasteiger partial charge in [0.2, 0.25) is 10.0 Å². The Morgan fingerprint density at radius 2 is 1.81 bits per heavy atom. The van der Waals surface area contributed by atoms with Crippen LogP contribution in [0.5, 0.6) is 5.75 Å². The van der Waals surface area contributed by atoms with Gasteiger partial charge >= 0.3 is 5.97 Å². The van der Waals surface area contributed by atoms with Gasteiger partial charge in [0.1, 0.15) is 11.6 Å². The molecule has 1 aliphatic heterocycles. The van der Waals surface area contributed by atoms with Crippen molar-refractivity contribution in [2.45, 2.75) is 44.3 Å². The van der Waals surface area contributed by atoms with E-state index < -0.39 is 21.8 Å². The Balaban J connectivity index is 1.87. The molecule has 0 spiro atoms. The average Bonchev–Trinajstić information content (AvgIpc) is 2.73. The summed E-state index contributed by atoms with van der Waals surface area (Å²) in [6, 6.07) is 8.78. The van der Waals surface area contributed by atoms with Gasteiger partial charge in [-0.15, -0.1) is 0 Å². The van der Waals surface area contributed by atoms with Crippen LogP contribution in [0.15, 0.2) is 47.4 Å². The predicted octanol–water partition coefficient (Wildman–Crippen LogP) is 3.44. The van der Waals surface area contributed by atoms with Gasteiger partial charge in [-0.05, 0) is 50.2 Å². The Labute approximate surface area is 180 Å². The third-order valence-electron chi connectivity index (χ3n) is 4.86. The van der Waals surface area contributed by atoms with Gasteiger partial charge in [0.05, 0.1) is 28.2 Å². The fraction of sp³-hybridized carbons (Fsp3) is 0.364. The number of carbonyl (C=O) groups is 2. The van der Waals surface area contributed by atoms with Gasteiger partial charge in [-0.3, -0.25) is 4.79 Å². The molecule has 166 valence electrons. The molecule has 1 fully saturated rings. The molecule has 2 aromatic rings. The van der Waals surface area contributed by atoms with E-state index in [1.165, 1.54) is 34.6 Å². The van der Waals surface area contributed by atoms with Crippen molar-refractivity contribution in [3.63, 3.8) is 0 Å². The van der Waals surface area contributed by atoms with Crippen LogP contribution in [0.2, 0.25) is 0 Å². The molecule has 0 radical (unpaired) electrons. The number of morpholine rings is 1. The van der Waals surface area contributed by atoms with E-state index in [-0.39, 0.29) is 59.3 Å². The number of nitrogens with zero attached hydrogens (tertiary/aromatic N) is 1. The molecule has 2 atom stereocenters. The zero-order chi connectivity index (χ0) is 22.8. The largest absolute Gasteiger partial charge is 0.422 e. The quantitative estimate of drug-likeness (QED) is 0.381. The molecule has 1 saturated heterocycles. The first-order valence-corrected chi connectivity index (χ1v) is 11.4. The van der Waals surface area contributed by atoms with E-state index in [1.807, 2.05) is 0 Å². The summed E-state index contributed by atoms with van der Waals surface area (Å²) >= 11 is 0. The maximum Gasteiger partial charge on any atom is 0.343 e. The minimum Gasteiger partial charge on any atom is -0.422 e. The van der Waals surface area contributed by atoms with Gasteiger partial charge in [0, 0.05) is 19.5 Å². The molecule has 0 aromatic heterocycles. The van der Waals surface area contributed by atoms with E-state index in [2.05, 4.69) is 0 Å². The Kier molecular flexibility index (Phi) is 6.88. The van der Waals surface area contributed by atoms with Crippen molar-refractivity contribution in [2.24, 2.45) is 0 Å². The number of ether oxygens (including phenoxy) is 2. The first-order chi connectivity index (χ1) is 14.6. The molecular weight excluding hydrogens is 425 g/mol. The number of carbonyl (C=O) groups excluding carboxylic acids is 2. The molecule has 31 heavy (non-hydrogen) atoms. The van der Waals surface area contributed by atoms with Crippen LogP contribution >= 0.6 is 0 Å². The van der Waals surface area contributed by atoms with Gasteiger partial charge in [-0.2, -0.15) is 4.31 Å². The normalized spacial score (nSPS) is 19.7. The zero-order valence-electron chi connectivity index (χ0n) is 17.5. The van der Waals surface area contributed by atoms with Crippen molar-refractivity contribution in [3.05, 3.63) is 59.4 Å². The van der Waals surface area contributed by atoms with Gasteiger partial charge in [-0.25, -0.2) is 17.6 Å². The summed E-state index contributed by atoms with van der Waals surface area (Å²) in [5.41, 5.74) is -0.0504. The standard InChI is InChI=1S/C22H24FNO6S/c1-4-20(25)19-11-17(23)8-9-21(19)30-22(26)16-6-5-7-18(10-16)31(27,28)24-12-14(2)29-15(3)13-24/h5-11,14-15H,4,12-13H2,1-3H3/t14-,15+.